The number of nitrogens with one attached hydrogen (secondary N) is 2. The minimum absolute atomic E-state index is 0.272. The summed E-state index contributed by atoms with van der Waals surface area (Å²) in [5.41, 5.74) is 1.06. The van der Waals surface area contributed by atoms with E-state index in [1.807, 2.05) is 0 Å². The number of pyridine rings is 1. The van der Waals surface area contributed by atoms with Gasteiger partial charge in [0.2, 0.25) is 0 Å². The third-order valence-electron chi connectivity index (χ3n) is 4.91. The normalized spacial score (nSPS) is 14.0. The van der Waals surface area contributed by atoms with Gasteiger partial charge >= 0.3 is 11.8 Å². The van der Waals surface area contributed by atoms with Gasteiger partial charge in [-0.25, -0.2) is 4.98 Å². The van der Waals surface area contributed by atoms with Crippen molar-refractivity contribution in [1.29, 1.82) is 5.26 Å². The van der Waals surface area contributed by atoms with Crippen molar-refractivity contribution in [2.24, 2.45) is 5.92 Å². The smallest absolute Gasteiger partial charge is 0.313 e. The summed E-state index contributed by atoms with van der Waals surface area (Å²) in [5, 5.41) is 14.5. The second-order valence-electron chi connectivity index (χ2n) is 6.81. The van der Waals surface area contributed by atoms with E-state index in [0.29, 0.717) is 29.4 Å². The number of anilines is 2. The number of benzene rings is 1. The van der Waals surface area contributed by atoms with E-state index in [-0.39, 0.29) is 5.92 Å². The number of hydrogen-bond donors (Lipinski definition) is 2. The van der Waals surface area contributed by atoms with Gasteiger partial charge in [0.25, 0.3) is 0 Å². The molecule has 0 spiro atoms. The fourth-order valence-electron chi connectivity index (χ4n) is 3.29. The van der Waals surface area contributed by atoms with Crippen LogP contribution in [0.1, 0.15) is 18.4 Å². The fourth-order valence-corrected chi connectivity index (χ4v) is 3.29. The molecule has 2 heterocycles. The van der Waals surface area contributed by atoms with Gasteiger partial charge in [0.1, 0.15) is 17.6 Å². The van der Waals surface area contributed by atoms with Crippen LogP contribution in [0.4, 0.5) is 11.5 Å². The molecule has 150 valence electrons. The Morgan fingerprint density at radius 2 is 2.03 bits per heavy atom. The molecule has 2 aromatic rings. The molecular weight excluding hydrogens is 370 g/mol. The van der Waals surface area contributed by atoms with E-state index in [1.54, 1.807) is 42.6 Å². The summed E-state index contributed by atoms with van der Waals surface area (Å²) in [6.07, 6.45) is 3.38. The second-order valence-corrected chi connectivity index (χ2v) is 6.81. The first kappa shape index (κ1) is 20.1. The maximum absolute atomic E-state index is 12.1. The van der Waals surface area contributed by atoms with Gasteiger partial charge in [-0.1, -0.05) is 6.07 Å². The van der Waals surface area contributed by atoms with Crippen molar-refractivity contribution in [3.05, 3.63) is 48.2 Å². The van der Waals surface area contributed by atoms with E-state index in [0.717, 1.165) is 25.9 Å². The van der Waals surface area contributed by atoms with Crippen molar-refractivity contribution >= 4 is 23.3 Å². The maximum atomic E-state index is 12.1. The van der Waals surface area contributed by atoms with Crippen LogP contribution in [-0.4, -0.2) is 43.5 Å². The monoisotopic (exact) mass is 393 g/mol. The average molecular weight is 393 g/mol. The molecule has 0 radical (unpaired) electrons. The number of methoxy groups -OCH3 is 1. The molecule has 0 bridgehead atoms. The Labute approximate surface area is 169 Å². The fraction of sp³-hybridized carbons (Fsp3) is 0.333. The molecule has 0 unspecified atom stereocenters. The second kappa shape index (κ2) is 9.55. The summed E-state index contributed by atoms with van der Waals surface area (Å²) in [5.74, 6) is 0.209. The van der Waals surface area contributed by atoms with Crippen molar-refractivity contribution in [3.8, 4) is 11.8 Å². The van der Waals surface area contributed by atoms with E-state index in [2.05, 4.69) is 26.6 Å². The number of amides is 2. The molecule has 1 aliphatic heterocycles. The number of aromatic nitrogens is 1. The van der Waals surface area contributed by atoms with Crippen LogP contribution in [0, 0.1) is 17.2 Å². The molecule has 1 aromatic carbocycles. The van der Waals surface area contributed by atoms with Crippen LogP contribution < -0.4 is 20.3 Å². The Kier molecular flexibility index (Phi) is 6.63. The molecule has 8 nitrogen and oxygen atoms in total. The molecule has 29 heavy (non-hydrogen) atoms. The van der Waals surface area contributed by atoms with Gasteiger partial charge in [-0.15, -0.1) is 0 Å². The quantitative estimate of drug-likeness (QED) is 0.752. The molecule has 0 aliphatic carbocycles. The van der Waals surface area contributed by atoms with Gasteiger partial charge in [0, 0.05) is 37.6 Å². The summed E-state index contributed by atoms with van der Waals surface area (Å²) >= 11 is 0. The molecule has 2 amide bonds. The lowest BCUT2D eigenvalue weighted by atomic mass is 9.96. The van der Waals surface area contributed by atoms with E-state index < -0.39 is 11.8 Å². The molecule has 2 N–H and O–H groups in total. The highest BCUT2D eigenvalue weighted by Crippen LogP contribution is 2.23. The summed E-state index contributed by atoms with van der Waals surface area (Å²) in [4.78, 5) is 30.6. The zero-order valence-electron chi connectivity index (χ0n) is 16.2. The summed E-state index contributed by atoms with van der Waals surface area (Å²) in [7, 11) is 1.54. The lowest BCUT2D eigenvalue weighted by molar-refractivity contribution is -0.136. The highest BCUT2D eigenvalue weighted by atomic mass is 16.5. The third-order valence-corrected chi connectivity index (χ3v) is 4.91. The van der Waals surface area contributed by atoms with E-state index in [9.17, 15) is 14.9 Å². The zero-order chi connectivity index (χ0) is 20.6. The summed E-state index contributed by atoms with van der Waals surface area (Å²) in [6, 6.07) is 12.5. The first-order valence-corrected chi connectivity index (χ1v) is 9.44. The Bertz CT molecular complexity index is 917. The van der Waals surface area contributed by atoms with Crippen molar-refractivity contribution in [2.45, 2.75) is 12.8 Å². The van der Waals surface area contributed by atoms with E-state index in [1.165, 1.54) is 7.11 Å². The third kappa shape index (κ3) is 5.23. The first-order chi connectivity index (χ1) is 14.1. The van der Waals surface area contributed by atoms with Crippen molar-refractivity contribution in [3.63, 3.8) is 0 Å². The average Bonchev–Trinajstić information content (AvgIpc) is 2.77. The number of ether oxygens (including phenoxy) is 1. The van der Waals surface area contributed by atoms with Gasteiger partial charge in [-0.3, -0.25) is 9.59 Å². The predicted molar refractivity (Wildman–Crippen MR) is 109 cm³/mol. The van der Waals surface area contributed by atoms with Crippen LogP contribution >= 0.6 is 0 Å². The number of carbonyl (C=O) groups is 2. The molecule has 8 heteroatoms. The van der Waals surface area contributed by atoms with Crippen molar-refractivity contribution in [2.75, 3.05) is 37.0 Å². The maximum Gasteiger partial charge on any atom is 0.313 e. The topological polar surface area (TPSA) is 107 Å². The van der Waals surface area contributed by atoms with E-state index >= 15 is 0 Å². The Morgan fingerprint density at radius 1 is 1.24 bits per heavy atom. The van der Waals surface area contributed by atoms with Crippen LogP contribution in [0.2, 0.25) is 0 Å². The molecule has 3 rings (SSSR count). The van der Waals surface area contributed by atoms with E-state index in [4.69, 9.17) is 4.74 Å². The van der Waals surface area contributed by atoms with Crippen LogP contribution in [0.15, 0.2) is 42.6 Å². The molecule has 1 saturated heterocycles. The number of hydrogen-bond acceptors (Lipinski definition) is 6. The summed E-state index contributed by atoms with van der Waals surface area (Å²) < 4.78 is 5.10. The zero-order valence-corrected chi connectivity index (χ0v) is 16.2. The van der Waals surface area contributed by atoms with Gasteiger partial charge < -0.3 is 20.3 Å². The van der Waals surface area contributed by atoms with Crippen LogP contribution in [0.5, 0.6) is 5.75 Å². The SMILES string of the molecule is COc1cccc(NC(=O)C(=O)NCC2CCN(c3ncccc3C#N)CC2)c1. The van der Waals surface area contributed by atoms with Crippen LogP contribution in [0.25, 0.3) is 0 Å². The lowest BCUT2D eigenvalue weighted by Crippen LogP contribution is -2.42. The molecule has 0 saturated carbocycles. The van der Waals surface area contributed by atoms with Crippen LogP contribution in [0.3, 0.4) is 0 Å². The van der Waals surface area contributed by atoms with Gasteiger partial charge in [0.15, 0.2) is 0 Å². The largest absolute Gasteiger partial charge is 0.497 e. The first-order valence-electron chi connectivity index (χ1n) is 9.44. The van der Waals surface area contributed by atoms with Crippen molar-refractivity contribution in [1.82, 2.24) is 10.3 Å². The Morgan fingerprint density at radius 3 is 2.76 bits per heavy atom. The number of rotatable bonds is 5. The van der Waals surface area contributed by atoms with Gasteiger partial charge in [0.05, 0.1) is 12.7 Å². The number of piperidine rings is 1. The highest BCUT2D eigenvalue weighted by molar-refractivity contribution is 6.39. The highest BCUT2D eigenvalue weighted by Gasteiger charge is 2.23. The minimum Gasteiger partial charge on any atom is -0.497 e. The standard InChI is InChI=1S/C21H23N5O3/c1-29-18-6-2-5-17(12-18)25-21(28)20(27)24-14-15-7-10-26(11-8-15)19-16(13-22)4-3-9-23-19/h2-6,9,12,15H,7-8,10-11,14H2,1H3,(H,24,27)(H,25,28). The Balaban J connectivity index is 1.45. The number of nitriles is 1. The van der Waals surface area contributed by atoms with Gasteiger partial charge in [-0.05, 0) is 43.0 Å². The Hall–Kier alpha value is -3.60. The molecular formula is C21H23N5O3. The molecule has 0 atom stereocenters. The molecule has 1 fully saturated rings. The summed E-state index contributed by atoms with van der Waals surface area (Å²) in [6.45, 7) is 1.94. The van der Waals surface area contributed by atoms with Gasteiger partial charge in [-0.2, -0.15) is 5.26 Å². The number of carbonyl (C=O) groups excluding carboxylic acids is 2. The predicted octanol–water partition coefficient (Wildman–Crippen LogP) is 1.93. The number of nitrogens with zero attached hydrogens (tertiary/aromatic N) is 3. The van der Waals surface area contributed by atoms with Crippen LogP contribution in [-0.2, 0) is 9.59 Å². The minimum atomic E-state index is -0.706. The molecule has 1 aromatic heterocycles. The van der Waals surface area contributed by atoms with Crippen molar-refractivity contribution < 1.29 is 14.3 Å². The molecule has 1 aliphatic rings. The lowest BCUT2D eigenvalue weighted by Gasteiger charge is -2.33.